The van der Waals surface area contributed by atoms with E-state index in [1.165, 1.54) is 18.4 Å². The predicted molar refractivity (Wildman–Crippen MR) is 63.5 cm³/mol. The summed E-state index contributed by atoms with van der Waals surface area (Å²) in [7, 11) is 0. The van der Waals surface area contributed by atoms with Gasteiger partial charge in [-0.15, -0.1) is 0 Å². The molecule has 1 aromatic heterocycles. The van der Waals surface area contributed by atoms with Crippen LogP contribution < -0.4 is 5.32 Å². The van der Waals surface area contributed by atoms with Gasteiger partial charge in [0.2, 0.25) is 0 Å². The summed E-state index contributed by atoms with van der Waals surface area (Å²) in [4.78, 5) is 0. The molecule has 0 bridgehead atoms. The maximum atomic E-state index is 5.59. The molecule has 0 aromatic carbocycles. The molecule has 3 heteroatoms. The van der Waals surface area contributed by atoms with Crippen LogP contribution in [0, 0.1) is 6.92 Å². The van der Waals surface area contributed by atoms with E-state index in [-0.39, 0.29) is 6.04 Å². The van der Waals surface area contributed by atoms with Crippen molar-refractivity contribution in [1.29, 1.82) is 0 Å². The lowest BCUT2D eigenvalue weighted by molar-refractivity contribution is 0.103. The first kappa shape index (κ1) is 11.7. The quantitative estimate of drug-likeness (QED) is 0.833. The van der Waals surface area contributed by atoms with Crippen LogP contribution >= 0.6 is 0 Å². The zero-order valence-corrected chi connectivity index (χ0v) is 10.2. The Kier molecular flexibility index (Phi) is 4.02. The molecule has 2 atom stereocenters. The van der Waals surface area contributed by atoms with E-state index in [0.29, 0.717) is 6.10 Å². The molecule has 0 radical (unpaired) electrons. The largest absolute Gasteiger partial charge is 0.467 e. The first-order valence-electron chi connectivity index (χ1n) is 6.16. The number of nitrogens with one attached hydrogen (secondary N) is 1. The molecule has 1 saturated heterocycles. The highest BCUT2D eigenvalue weighted by Gasteiger charge is 2.16. The van der Waals surface area contributed by atoms with Crippen LogP contribution in [0.1, 0.15) is 43.6 Å². The van der Waals surface area contributed by atoms with Gasteiger partial charge in [-0.25, -0.2) is 0 Å². The second-order valence-corrected chi connectivity index (χ2v) is 4.57. The van der Waals surface area contributed by atoms with E-state index in [1.807, 2.05) is 6.07 Å². The number of hydrogen-bond acceptors (Lipinski definition) is 3. The molecule has 0 amide bonds. The molecule has 2 rings (SSSR count). The minimum atomic E-state index is 0.288. The number of hydrogen-bond donors (Lipinski definition) is 1. The van der Waals surface area contributed by atoms with Gasteiger partial charge in [0.15, 0.2) is 0 Å². The minimum absolute atomic E-state index is 0.288. The van der Waals surface area contributed by atoms with Crippen molar-refractivity contribution >= 4 is 0 Å². The van der Waals surface area contributed by atoms with Gasteiger partial charge >= 0.3 is 0 Å². The number of aryl methyl sites for hydroxylation is 1. The van der Waals surface area contributed by atoms with Crippen molar-refractivity contribution in [3.63, 3.8) is 0 Å². The number of ether oxygens (including phenoxy) is 1. The first-order chi connectivity index (χ1) is 7.77. The second-order valence-electron chi connectivity index (χ2n) is 4.57. The molecule has 1 aliphatic heterocycles. The van der Waals surface area contributed by atoms with Gasteiger partial charge in [-0.05, 0) is 51.3 Å². The number of rotatable bonds is 5. The van der Waals surface area contributed by atoms with Crippen molar-refractivity contribution < 1.29 is 9.15 Å². The molecule has 0 spiro atoms. The maximum absolute atomic E-state index is 5.59. The van der Waals surface area contributed by atoms with E-state index in [9.17, 15) is 0 Å². The molecule has 1 aliphatic rings. The third-order valence-electron chi connectivity index (χ3n) is 3.24. The molecule has 16 heavy (non-hydrogen) atoms. The van der Waals surface area contributed by atoms with Crippen molar-refractivity contribution in [1.82, 2.24) is 5.32 Å². The van der Waals surface area contributed by atoms with Crippen LogP contribution in [-0.2, 0) is 4.74 Å². The van der Waals surface area contributed by atoms with E-state index in [4.69, 9.17) is 9.15 Å². The van der Waals surface area contributed by atoms with Crippen LogP contribution in [0.25, 0.3) is 0 Å². The van der Waals surface area contributed by atoms with Gasteiger partial charge in [-0.2, -0.15) is 0 Å². The lowest BCUT2D eigenvalue weighted by Crippen LogP contribution is -2.23. The Labute approximate surface area is 97.2 Å². The standard InChI is InChI=1S/C13H21NO2/c1-10-6-9-16-13(10)11(2)14-7-5-12-4-3-8-15-12/h6,9,11-12,14H,3-5,7-8H2,1-2H3/t11-,12-/m1/s1. The molecule has 0 unspecified atom stereocenters. The summed E-state index contributed by atoms with van der Waals surface area (Å²) in [6, 6.07) is 2.30. The summed E-state index contributed by atoms with van der Waals surface area (Å²) in [5.41, 5.74) is 1.22. The van der Waals surface area contributed by atoms with Gasteiger partial charge in [0.25, 0.3) is 0 Å². The lowest BCUT2D eigenvalue weighted by Gasteiger charge is -2.14. The van der Waals surface area contributed by atoms with Gasteiger partial charge < -0.3 is 14.5 Å². The summed E-state index contributed by atoms with van der Waals surface area (Å²) >= 11 is 0. The molecule has 90 valence electrons. The highest BCUT2D eigenvalue weighted by Crippen LogP contribution is 2.19. The summed E-state index contributed by atoms with van der Waals surface area (Å²) in [5, 5.41) is 3.48. The first-order valence-corrected chi connectivity index (χ1v) is 6.16. The van der Waals surface area contributed by atoms with Gasteiger partial charge in [0.05, 0.1) is 18.4 Å². The predicted octanol–water partition coefficient (Wildman–Crippen LogP) is 2.81. The third-order valence-corrected chi connectivity index (χ3v) is 3.24. The van der Waals surface area contributed by atoms with Crippen LogP contribution in [0.4, 0.5) is 0 Å². The van der Waals surface area contributed by atoms with Crippen molar-refractivity contribution in [2.45, 2.75) is 45.3 Å². The molecule has 1 aromatic rings. The second kappa shape index (κ2) is 5.51. The molecule has 3 nitrogen and oxygen atoms in total. The van der Waals surface area contributed by atoms with Crippen LogP contribution in [-0.4, -0.2) is 19.3 Å². The van der Waals surface area contributed by atoms with Gasteiger partial charge in [-0.3, -0.25) is 0 Å². The maximum Gasteiger partial charge on any atom is 0.123 e. The average molecular weight is 223 g/mol. The van der Waals surface area contributed by atoms with E-state index in [1.54, 1.807) is 6.26 Å². The normalized spacial score (nSPS) is 22.5. The SMILES string of the molecule is Cc1ccoc1[C@@H](C)NCC[C@H]1CCCO1. The fourth-order valence-corrected chi connectivity index (χ4v) is 2.25. The van der Waals surface area contributed by atoms with Gasteiger partial charge in [0.1, 0.15) is 5.76 Å². The van der Waals surface area contributed by atoms with E-state index >= 15 is 0 Å². The Morgan fingerprint density at radius 3 is 3.06 bits per heavy atom. The smallest absolute Gasteiger partial charge is 0.123 e. The van der Waals surface area contributed by atoms with Gasteiger partial charge in [0, 0.05) is 6.61 Å². The molecule has 0 saturated carbocycles. The Bertz CT molecular complexity index is 315. The molecule has 1 fully saturated rings. The monoisotopic (exact) mass is 223 g/mol. The Morgan fingerprint density at radius 1 is 1.56 bits per heavy atom. The zero-order valence-electron chi connectivity index (χ0n) is 10.2. The molecular weight excluding hydrogens is 202 g/mol. The third kappa shape index (κ3) is 2.86. The fourth-order valence-electron chi connectivity index (χ4n) is 2.25. The fraction of sp³-hybridized carbons (Fsp3) is 0.692. The van der Waals surface area contributed by atoms with Crippen molar-refractivity contribution in [2.24, 2.45) is 0 Å². The van der Waals surface area contributed by atoms with Crippen molar-refractivity contribution in [3.8, 4) is 0 Å². The van der Waals surface area contributed by atoms with Crippen LogP contribution in [0.5, 0.6) is 0 Å². The van der Waals surface area contributed by atoms with Crippen LogP contribution in [0.15, 0.2) is 16.7 Å². The van der Waals surface area contributed by atoms with Crippen molar-refractivity contribution in [2.75, 3.05) is 13.2 Å². The highest BCUT2D eigenvalue weighted by molar-refractivity contribution is 5.17. The highest BCUT2D eigenvalue weighted by atomic mass is 16.5. The van der Waals surface area contributed by atoms with Gasteiger partial charge in [-0.1, -0.05) is 0 Å². The topological polar surface area (TPSA) is 34.4 Å². The molecule has 0 aliphatic carbocycles. The van der Waals surface area contributed by atoms with Crippen molar-refractivity contribution in [3.05, 3.63) is 23.7 Å². The molecular formula is C13H21NO2. The van der Waals surface area contributed by atoms with Crippen LogP contribution in [0.2, 0.25) is 0 Å². The summed E-state index contributed by atoms with van der Waals surface area (Å²) < 4.78 is 11.0. The Balaban J connectivity index is 1.71. The molecule has 2 heterocycles. The summed E-state index contributed by atoms with van der Waals surface area (Å²) in [6.07, 6.45) is 5.76. The number of furan rings is 1. The van der Waals surface area contributed by atoms with E-state index in [2.05, 4.69) is 19.2 Å². The zero-order chi connectivity index (χ0) is 11.4. The Morgan fingerprint density at radius 2 is 2.44 bits per heavy atom. The average Bonchev–Trinajstić information content (AvgIpc) is 2.88. The Hall–Kier alpha value is -0.800. The van der Waals surface area contributed by atoms with E-state index < -0.39 is 0 Å². The summed E-state index contributed by atoms with van der Waals surface area (Å²) in [6.45, 7) is 6.15. The van der Waals surface area contributed by atoms with Crippen LogP contribution in [0.3, 0.4) is 0 Å². The lowest BCUT2D eigenvalue weighted by atomic mass is 10.1. The minimum Gasteiger partial charge on any atom is -0.467 e. The van der Waals surface area contributed by atoms with E-state index in [0.717, 1.165) is 25.3 Å². The molecule has 1 N–H and O–H groups in total. The summed E-state index contributed by atoms with van der Waals surface area (Å²) in [5.74, 6) is 1.05.